The van der Waals surface area contributed by atoms with Gasteiger partial charge in [0.2, 0.25) is 5.78 Å². The number of hydrogen-bond acceptors (Lipinski definition) is 6. The van der Waals surface area contributed by atoms with Crippen molar-refractivity contribution in [3.05, 3.63) is 59.4 Å². The van der Waals surface area contributed by atoms with Crippen LogP contribution in [-0.4, -0.2) is 63.0 Å². The zero-order chi connectivity index (χ0) is 22.5. The number of nitrogens with zero attached hydrogens (tertiary/aromatic N) is 2. The SMILES string of the molecule is COc1ccc(C([O-])=C2C(=O)C(=O)N(CCC[NH+](C)C)C2c2ccncc2)cc1OC. The number of Topliss-reactive ketones (excluding diaryl/α,β-unsaturated/α-hetero) is 1. The van der Waals surface area contributed by atoms with E-state index < -0.39 is 23.5 Å². The quantitative estimate of drug-likeness (QED) is 0.359. The molecule has 2 aromatic rings. The molecule has 1 amide bonds. The second-order valence-electron chi connectivity index (χ2n) is 7.63. The topological polar surface area (TPSA) is 96.2 Å². The zero-order valence-electron chi connectivity index (χ0n) is 18.2. The van der Waals surface area contributed by atoms with Crippen LogP contribution in [0.25, 0.3) is 5.76 Å². The largest absolute Gasteiger partial charge is 0.872 e. The van der Waals surface area contributed by atoms with Crippen molar-refractivity contribution in [2.75, 3.05) is 41.4 Å². The first-order chi connectivity index (χ1) is 14.9. The molecule has 1 unspecified atom stereocenters. The average molecular weight is 425 g/mol. The van der Waals surface area contributed by atoms with Gasteiger partial charge in [-0.15, -0.1) is 0 Å². The summed E-state index contributed by atoms with van der Waals surface area (Å²) in [5.41, 5.74) is 0.878. The highest BCUT2D eigenvalue weighted by Gasteiger charge is 2.43. The van der Waals surface area contributed by atoms with Crippen LogP contribution in [0.3, 0.4) is 0 Å². The summed E-state index contributed by atoms with van der Waals surface area (Å²) in [5.74, 6) is -1.08. The predicted molar refractivity (Wildman–Crippen MR) is 112 cm³/mol. The van der Waals surface area contributed by atoms with Crippen molar-refractivity contribution >= 4 is 17.4 Å². The lowest BCUT2D eigenvalue weighted by Crippen LogP contribution is -3.05. The summed E-state index contributed by atoms with van der Waals surface area (Å²) in [6.45, 7) is 1.21. The molecular weight excluding hydrogens is 398 g/mol. The Labute approximate surface area is 181 Å². The Hall–Kier alpha value is -3.39. The van der Waals surface area contributed by atoms with Crippen molar-refractivity contribution < 1.29 is 29.1 Å². The highest BCUT2D eigenvalue weighted by atomic mass is 16.5. The number of quaternary nitrogens is 1. The van der Waals surface area contributed by atoms with Gasteiger partial charge in [-0.3, -0.25) is 14.6 Å². The molecule has 1 N–H and O–H groups in total. The van der Waals surface area contributed by atoms with Gasteiger partial charge < -0.3 is 24.4 Å². The summed E-state index contributed by atoms with van der Waals surface area (Å²) < 4.78 is 10.5. The summed E-state index contributed by atoms with van der Waals surface area (Å²) in [5, 5.41) is 13.4. The molecule has 8 nitrogen and oxygen atoms in total. The van der Waals surface area contributed by atoms with Crippen molar-refractivity contribution in [3.63, 3.8) is 0 Å². The maximum atomic E-state index is 13.4. The Balaban J connectivity index is 2.09. The monoisotopic (exact) mass is 425 g/mol. The molecular formula is C23H27N3O5. The van der Waals surface area contributed by atoms with Crippen LogP contribution in [0.15, 0.2) is 48.3 Å². The fourth-order valence-electron chi connectivity index (χ4n) is 3.73. The highest BCUT2D eigenvalue weighted by Crippen LogP contribution is 2.39. The summed E-state index contributed by atoms with van der Waals surface area (Å²) in [6.07, 6.45) is 3.88. The molecule has 1 atom stereocenters. The lowest BCUT2D eigenvalue weighted by molar-refractivity contribution is -0.858. The third-order valence-electron chi connectivity index (χ3n) is 5.27. The van der Waals surface area contributed by atoms with Gasteiger partial charge >= 0.3 is 0 Å². The van der Waals surface area contributed by atoms with Crippen LogP contribution in [-0.2, 0) is 9.59 Å². The predicted octanol–water partition coefficient (Wildman–Crippen LogP) is -0.143. The minimum absolute atomic E-state index is 0.0550. The van der Waals surface area contributed by atoms with Gasteiger partial charge in [0.25, 0.3) is 5.91 Å². The molecule has 0 radical (unpaired) electrons. The Bertz CT molecular complexity index is 988. The van der Waals surface area contributed by atoms with E-state index in [9.17, 15) is 14.7 Å². The van der Waals surface area contributed by atoms with E-state index in [1.54, 1.807) is 36.7 Å². The normalized spacial score (nSPS) is 18.0. The number of methoxy groups -OCH3 is 2. The van der Waals surface area contributed by atoms with Crippen molar-refractivity contribution in [2.24, 2.45) is 0 Å². The molecule has 1 saturated heterocycles. The molecule has 1 aliphatic rings. The van der Waals surface area contributed by atoms with Gasteiger partial charge in [-0.2, -0.15) is 0 Å². The van der Waals surface area contributed by atoms with Gasteiger partial charge in [-0.1, -0.05) is 11.8 Å². The number of ketones is 1. The van der Waals surface area contributed by atoms with E-state index >= 15 is 0 Å². The number of carbonyl (C=O) groups excluding carboxylic acids is 2. The van der Waals surface area contributed by atoms with E-state index in [1.807, 2.05) is 14.1 Å². The van der Waals surface area contributed by atoms with E-state index in [-0.39, 0.29) is 11.1 Å². The fourth-order valence-corrected chi connectivity index (χ4v) is 3.73. The third-order valence-corrected chi connectivity index (χ3v) is 5.27. The van der Waals surface area contributed by atoms with E-state index in [2.05, 4.69) is 4.98 Å². The summed E-state index contributed by atoms with van der Waals surface area (Å²) in [7, 11) is 7.02. The van der Waals surface area contributed by atoms with Crippen LogP contribution in [0.2, 0.25) is 0 Å². The molecule has 164 valence electrons. The Kier molecular flexibility index (Phi) is 6.91. The van der Waals surface area contributed by atoms with Gasteiger partial charge in [0.05, 0.1) is 40.9 Å². The number of carbonyl (C=O) groups is 2. The molecule has 2 heterocycles. The second-order valence-corrected chi connectivity index (χ2v) is 7.63. The minimum atomic E-state index is -0.765. The molecule has 1 aliphatic heterocycles. The third kappa shape index (κ3) is 4.54. The number of amides is 1. The van der Waals surface area contributed by atoms with Gasteiger partial charge in [-0.05, 0) is 35.4 Å². The number of likely N-dealkylation sites (tertiary alicyclic amines) is 1. The van der Waals surface area contributed by atoms with Crippen molar-refractivity contribution in [3.8, 4) is 11.5 Å². The molecule has 8 heteroatoms. The lowest BCUT2D eigenvalue weighted by Gasteiger charge is -2.27. The molecule has 1 aromatic carbocycles. The standard InChI is InChI=1S/C23H27N3O5/c1-25(2)12-5-13-26-20(15-8-10-24-11-9-15)19(22(28)23(26)29)21(27)16-6-7-17(30-3)18(14-16)31-4/h6-11,14,20,27H,5,12-13H2,1-4H3. The average Bonchev–Trinajstić information content (AvgIpc) is 3.03. The van der Waals surface area contributed by atoms with Crippen LogP contribution in [0.1, 0.15) is 23.6 Å². The number of benzene rings is 1. The molecule has 0 aliphatic carbocycles. The maximum absolute atomic E-state index is 13.4. The molecule has 0 bridgehead atoms. The van der Waals surface area contributed by atoms with E-state index in [4.69, 9.17) is 9.47 Å². The number of ether oxygens (including phenoxy) is 2. The number of nitrogens with one attached hydrogen (secondary N) is 1. The molecule has 31 heavy (non-hydrogen) atoms. The number of aromatic nitrogens is 1. The first-order valence-electron chi connectivity index (χ1n) is 10.1. The van der Waals surface area contributed by atoms with Crippen LogP contribution < -0.4 is 19.5 Å². The van der Waals surface area contributed by atoms with Crippen LogP contribution >= 0.6 is 0 Å². The Morgan fingerprint density at radius 2 is 1.77 bits per heavy atom. The molecule has 1 fully saturated rings. The van der Waals surface area contributed by atoms with Crippen LogP contribution in [0.4, 0.5) is 0 Å². The molecule has 0 saturated carbocycles. The summed E-state index contributed by atoms with van der Waals surface area (Å²) >= 11 is 0. The minimum Gasteiger partial charge on any atom is -0.872 e. The fraction of sp³-hybridized carbons (Fsp3) is 0.348. The maximum Gasteiger partial charge on any atom is 0.295 e. The molecule has 1 aromatic heterocycles. The van der Waals surface area contributed by atoms with E-state index in [1.165, 1.54) is 30.1 Å². The van der Waals surface area contributed by atoms with Crippen LogP contribution in [0.5, 0.6) is 11.5 Å². The number of pyridine rings is 1. The second kappa shape index (κ2) is 9.61. The lowest BCUT2D eigenvalue weighted by atomic mass is 9.95. The number of rotatable bonds is 8. The van der Waals surface area contributed by atoms with Gasteiger partial charge in [0.15, 0.2) is 11.5 Å². The Morgan fingerprint density at radius 3 is 2.39 bits per heavy atom. The molecule has 3 rings (SSSR count). The van der Waals surface area contributed by atoms with E-state index in [0.29, 0.717) is 30.0 Å². The first kappa shape index (κ1) is 22.3. The first-order valence-corrected chi connectivity index (χ1v) is 10.1. The van der Waals surface area contributed by atoms with Crippen molar-refractivity contribution in [1.29, 1.82) is 0 Å². The van der Waals surface area contributed by atoms with Crippen molar-refractivity contribution in [2.45, 2.75) is 12.5 Å². The summed E-state index contributed by atoms with van der Waals surface area (Å²) in [4.78, 5) is 32.6. The molecule has 0 spiro atoms. The van der Waals surface area contributed by atoms with Crippen molar-refractivity contribution in [1.82, 2.24) is 9.88 Å². The van der Waals surface area contributed by atoms with Gasteiger partial charge in [0, 0.05) is 30.9 Å². The van der Waals surface area contributed by atoms with Crippen LogP contribution in [0, 0.1) is 0 Å². The zero-order valence-corrected chi connectivity index (χ0v) is 18.2. The highest BCUT2D eigenvalue weighted by molar-refractivity contribution is 6.46. The van der Waals surface area contributed by atoms with Gasteiger partial charge in [-0.25, -0.2) is 0 Å². The number of hydrogen-bond donors (Lipinski definition) is 1. The van der Waals surface area contributed by atoms with Gasteiger partial charge in [0.1, 0.15) is 0 Å². The summed E-state index contributed by atoms with van der Waals surface area (Å²) in [6, 6.07) is 7.39. The van der Waals surface area contributed by atoms with E-state index in [0.717, 1.165) is 6.54 Å². The smallest absolute Gasteiger partial charge is 0.295 e. The Morgan fingerprint density at radius 1 is 1.10 bits per heavy atom.